The first kappa shape index (κ1) is 12.4. The average Bonchev–Trinajstić information content (AvgIpc) is 2.65. The Morgan fingerprint density at radius 3 is 3.18 bits per heavy atom. The van der Waals surface area contributed by atoms with Crippen LogP contribution in [0.4, 0.5) is 5.82 Å². The smallest absolute Gasteiger partial charge is 0.271 e. The van der Waals surface area contributed by atoms with Crippen LogP contribution < -0.4 is 15.8 Å². The van der Waals surface area contributed by atoms with Gasteiger partial charge in [0.15, 0.2) is 5.82 Å². The van der Waals surface area contributed by atoms with Crippen molar-refractivity contribution in [2.45, 2.75) is 13.3 Å². The van der Waals surface area contributed by atoms with E-state index in [4.69, 9.17) is 11.6 Å². The van der Waals surface area contributed by atoms with Crippen molar-refractivity contribution in [3.8, 4) is 0 Å². The number of rotatable bonds is 3. The number of anilines is 1. The van der Waals surface area contributed by atoms with Gasteiger partial charge < -0.3 is 15.2 Å². The summed E-state index contributed by atoms with van der Waals surface area (Å²) in [5.74, 6) is 0.593. The van der Waals surface area contributed by atoms with Gasteiger partial charge >= 0.3 is 0 Å². The standard InChI is InChI=1S/C11H17ClN4O/c1-11(5-13-2)3-4-16(6-11)9-8(12)10(17)15-7-14-9/h7,13H,3-6H2,1-2H3,(H,14,15,17). The molecule has 2 heterocycles. The Bertz CT molecular complexity index is 461. The molecule has 1 aromatic heterocycles. The van der Waals surface area contributed by atoms with E-state index in [2.05, 4.69) is 27.1 Å². The fourth-order valence-corrected chi connectivity index (χ4v) is 2.59. The van der Waals surface area contributed by atoms with Gasteiger partial charge in [-0.3, -0.25) is 4.79 Å². The molecule has 2 N–H and O–H groups in total. The molecule has 1 fully saturated rings. The highest BCUT2D eigenvalue weighted by atomic mass is 35.5. The molecule has 0 amide bonds. The van der Waals surface area contributed by atoms with Gasteiger partial charge in [0.2, 0.25) is 0 Å². The molecule has 1 aliphatic rings. The zero-order valence-corrected chi connectivity index (χ0v) is 10.8. The number of nitrogens with zero attached hydrogens (tertiary/aromatic N) is 2. The summed E-state index contributed by atoms with van der Waals surface area (Å²) in [6, 6.07) is 0. The van der Waals surface area contributed by atoms with Gasteiger partial charge in [0, 0.05) is 19.6 Å². The van der Waals surface area contributed by atoms with Crippen LogP contribution in [0.5, 0.6) is 0 Å². The maximum absolute atomic E-state index is 11.4. The predicted molar refractivity (Wildman–Crippen MR) is 68.7 cm³/mol. The summed E-state index contributed by atoms with van der Waals surface area (Å²) in [5.41, 5.74) is -0.0681. The van der Waals surface area contributed by atoms with Gasteiger partial charge in [-0.1, -0.05) is 18.5 Å². The summed E-state index contributed by atoms with van der Waals surface area (Å²) < 4.78 is 0. The van der Waals surface area contributed by atoms with Crippen molar-refractivity contribution in [1.29, 1.82) is 0 Å². The molecular weight excluding hydrogens is 240 g/mol. The normalized spacial score (nSPS) is 24.3. The Balaban J connectivity index is 2.21. The van der Waals surface area contributed by atoms with Crippen molar-refractivity contribution >= 4 is 17.4 Å². The molecule has 17 heavy (non-hydrogen) atoms. The van der Waals surface area contributed by atoms with Crippen LogP contribution in [0.3, 0.4) is 0 Å². The van der Waals surface area contributed by atoms with Crippen LogP contribution >= 0.6 is 11.6 Å². The SMILES string of the molecule is CNCC1(C)CCN(c2nc[nH]c(=O)c2Cl)C1. The van der Waals surface area contributed by atoms with Crippen molar-refractivity contribution in [2.75, 3.05) is 31.6 Å². The average molecular weight is 257 g/mol. The maximum atomic E-state index is 11.4. The molecule has 1 unspecified atom stereocenters. The molecule has 0 radical (unpaired) electrons. The predicted octanol–water partition coefficient (Wildman–Crippen LogP) is 0.859. The lowest BCUT2D eigenvalue weighted by Gasteiger charge is -2.24. The lowest BCUT2D eigenvalue weighted by atomic mass is 9.90. The van der Waals surface area contributed by atoms with Gasteiger partial charge in [0.05, 0.1) is 6.33 Å². The number of aromatic amines is 1. The van der Waals surface area contributed by atoms with Crippen molar-refractivity contribution in [2.24, 2.45) is 5.41 Å². The maximum Gasteiger partial charge on any atom is 0.271 e. The molecule has 0 saturated carbocycles. The number of H-pyrrole nitrogens is 1. The summed E-state index contributed by atoms with van der Waals surface area (Å²) in [4.78, 5) is 20.1. The Kier molecular flexibility index (Phi) is 3.40. The number of hydrogen-bond acceptors (Lipinski definition) is 4. The van der Waals surface area contributed by atoms with E-state index in [0.717, 1.165) is 26.1 Å². The second-order valence-electron chi connectivity index (χ2n) is 4.88. The van der Waals surface area contributed by atoms with Crippen molar-refractivity contribution in [3.05, 3.63) is 21.7 Å². The minimum Gasteiger partial charge on any atom is -0.355 e. The van der Waals surface area contributed by atoms with Crippen LogP contribution in [-0.2, 0) is 0 Å². The molecule has 0 bridgehead atoms. The van der Waals surface area contributed by atoms with E-state index in [0.29, 0.717) is 5.82 Å². The Morgan fingerprint density at radius 2 is 2.47 bits per heavy atom. The first-order valence-corrected chi connectivity index (χ1v) is 6.06. The van der Waals surface area contributed by atoms with Crippen LogP contribution in [0.15, 0.2) is 11.1 Å². The first-order chi connectivity index (χ1) is 8.06. The summed E-state index contributed by atoms with van der Waals surface area (Å²) in [6.07, 6.45) is 2.47. The van der Waals surface area contributed by atoms with E-state index in [1.165, 1.54) is 6.33 Å². The topological polar surface area (TPSA) is 61.0 Å². The highest BCUT2D eigenvalue weighted by molar-refractivity contribution is 6.32. The first-order valence-electron chi connectivity index (χ1n) is 5.68. The molecule has 0 aromatic carbocycles. The summed E-state index contributed by atoms with van der Waals surface area (Å²) in [7, 11) is 1.95. The lowest BCUT2D eigenvalue weighted by molar-refractivity contribution is 0.355. The molecule has 5 nitrogen and oxygen atoms in total. The zero-order valence-electron chi connectivity index (χ0n) is 10.1. The van der Waals surface area contributed by atoms with Crippen LogP contribution in [0, 0.1) is 5.41 Å². The molecular formula is C11H17ClN4O. The Hall–Kier alpha value is -1.07. The van der Waals surface area contributed by atoms with E-state index < -0.39 is 0 Å². The number of aromatic nitrogens is 2. The van der Waals surface area contributed by atoms with Crippen LogP contribution in [-0.4, -0.2) is 36.6 Å². The molecule has 6 heteroatoms. The van der Waals surface area contributed by atoms with Crippen LogP contribution in [0.1, 0.15) is 13.3 Å². The molecule has 2 rings (SSSR count). The van der Waals surface area contributed by atoms with Gasteiger partial charge in [-0.2, -0.15) is 0 Å². The van der Waals surface area contributed by atoms with Crippen molar-refractivity contribution in [3.63, 3.8) is 0 Å². The van der Waals surface area contributed by atoms with Gasteiger partial charge in [-0.15, -0.1) is 0 Å². The van der Waals surface area contributed by atoms with Gasteiger partial charge in [0.25, 0.3) is 5.56 Å². The van der Waals surface area contributed by atoms with E-state index in [9.17, 15) is 4.79 Å². The highest BCUT2D eigenvalue weighted by Gasteiger charge is 2.34. The van der Waals surface area contributed by atoms with E-state index in [1.54, 1.807) is 0 Å². The third kappa shape index (κ3) is 2.45. The van der Waals surface area contributed by atoms with E-state index >= 15 is 0 Å². The number of halogens is 1. The van der Waals surface area contributed by atoms with Crippen LogP contribution in [0.2, 0.25) is 5.02 Å². The van der Waals surface area contributed by atoms with Gasteiger partial charge in [-0.25, -0.2) is 4.98 Å². The number of hydrogen-bond donors (Lipinski definition) is 2. The summed E-state index contributed by atoms with van der Waals surface area (Å²) in [5, 5.41) is 3.38. The molecule has 94 valence electrons. The molecule has 1 aliphatic heterocycles. The third-order valence-corrected chi connectivity index (χ3v) is 3.58. The fourth-order valence-electron chi connectivity index (χ4n) is 2.37. The van der Waals surface area contributed by atoms with Crippen LogP contribution in [0.25, 0.3) is 0 Å². The third-order valence-electron chi connectivity index (χ3n) is 3.24. The van der Waals surface area contributed by atoms with E-state index in [1.807, 2.05) is 7.05 Å². The van der Waals surface area contributed by atoms with Crippen molar-refractivity contribution in [1.82, 2.24) is 15.3 Å². The molecule has 1 aromatic rings. The minimum absolute atomic E-state index is 0.182. The second-order valence-corrected chi connectivity index (χ2v) is 5.26. The largest absolute Gasteiger partial charge is 0.355 e. The molecule has 1 atom stereocenters. The Morgan fingerprint density at radius 1 is 1.71 bits per heavy atom. The van der Waals surface area contributed by atoms with Gasteiger partial charge in [-0.05, 0) is 18.9 Å². The quantitative estimate of drug-likeness (QED) is 0.842. The molecule has 1 saturated heterocycles. The fraction of sp³-hybridized carbons (Fsp3) is 0.636. The molecule has 0 spiro atoms. The zero-order chi connectivity index (χ0) is 12.5. The van der Waals surface area contributed by atoms with E-state index in [-0.39, 0.29) is 16.0 Å². The number of nitrogens with one attached hydrogen (secondary N) is 2. The van der Waals surface area contributed by atoms with Gasteiger partial charge in [0.1, 0.15) is 5.02 Å². The Labute approximate surface area is 105 Å². The minimum atomic E-state index is -0.279. The van der Waals surface area contributed by atoms with Crippen molar-refractivity contribution < 1.29 is 0 Å². The summed E-state index contributed by atoms with van der Waals surface area (Å²) >= 11 is 5.98. The lowest BCUT2D eigenvalue weighted by Crippen LogP contribution is -2.33. The monoisotopic (exact) mass is 256 g/mol. The highest BCUT2D eigenvalue weighted by Crippen LogP contribution is 2.33. The molecule has 0 aliphatic carbocycles. The summed E-state index contributed by atoms with van der Waals surface area (Å²) in [6.45, 7) is 4.92. The second kappa shape index (κ2) is 4.66.